The van der Waals surface area contributed by atoms with Crippen molar-refractivity contribution in [3.05, 3.63) is 35.6 Å². The van der Waals surface area contributed by atoms with Crippen LogP contribution < -0.4 is 5.73 Å². The molecule has 23 heavy (non-hydrogen) atoms. The maximum Gasteiger partial charge on any atom is 0.242 e. The Kier molecular flexibility index (Phi) is 5.59. The molecule has 1 unspecified atom stereocenters. The Hall–Kier alpha value is -1.66. The van der Waals surface area contributed by atoms with Gasteiger partial charge in [0.25, 0.3) is 0 Å². The van der Waals surface area contributed by atoms with Gasteiger partial charge in [0.05, 0.1) is 12.5 Å². The van der Waals surface area contributed by atoms with Gasteiger partial charge in [0.1, 0.15) is 5.82 Å². The van der Waals surface area contributed by atoms with E-state index in [-0.39, 0.29) is 43.1 Å². The lowest BCUT2D eigenvalue weighted by Crippen LogP contribution is -2.54. The van der Waals surface area contributed by atoms with Crippen LogP contribution in [0.15, 0.2) is 24.3 Å². The molecule has 1 aliphatic carbocycles. The molecular weight excluding hydrogens is 321 g/mol. The molecule has 2 fully saturated rings. The molecule has 5 nitrogen and oxygen atoms in total. The summed E-state index contributed by atoms with van der Waals surface area (Å²) in [7, 11) is 0. The fourth-order valence-electron chi connectivity index (χ4n) is 2.94. The zero-order valence-electron chi connectivity index (χ0n) is 12.8. The molecule has 1 heterocycles. The van der Waals surface area contributed by atoms with Crippen LogP contribution in [0.1, 0.15) is 24.3 Å². The van der Waals surface area contributed by atoms with Crippen molar-refractivity contribution >= 4 is 24.2 Å². The summed E-state index contributed by atoms with van der Waals surface area (Å²) in [5.41, 5.74) is 6.42. The molecule has 7 heteroatoms. The molecule has 0 radical (unpaired) electrons. The average molecular weight is 342 g/mol. The molecule has 2 N–H and O–H groups in total. The number of carbonyl (C=O) groups excluding carboxylic acids is 2. The molecule has 1 saturated carbocycles. The summed E-state index contributed by atoms with van der Waals surface area (Å²) in [4.78, 5) is 28.2. The largest absolute Gasteiger partial charge is 0.336 e. The third-order valence-corrected chi connectivity index (χ3v) is 4.36. The van der Waals surface area contributed by atoms with Crippen LogP contribution in [0.4, 0.5) is 4.39 Å². The number of halogens is 2. The highest BCUT2D eigenvalue weighted by molar-refractivity contribution is 5.90. The van der Waals surface area contributed by atoms with E-state index >= 15 is 0 Å². The summed E-state index contributed by atoms with van der Waals surface area (Å²) >= 11 is 0. The maximum atomic E-state index is 13.0. The van der Waals surface area contributed by atoms with Gasteiger partial charge in [-0.15, -0.1) is 12.4 Å². The van der Waals surface area contributed by atoms with Gasteiger partial charge in [0.15, 0.2) is 0 Å². The van der Waals surface area contributed by atoms with Gasteiger partial charge in [-0.3, -0.25) is 9.59 Å². The van der Waals surface area contributed by atoms with Crippen molar-refractivity contribution in [1.82, 2.24) is 9.80 Å². The lowest BCUT2D eigenvalue weighted by atomic mass is 9.97. The lowest BCUT2D eigenvalue weighted by Gasteiger charge is -2.36. The first-order chi connectivity index (χ1) is 10.6. The van der Waals surface area contributed by atoms with Crippen LogP contribution in [-0.2, 0) is 9.59 Å². The Balaban J connectivity index is 0.00000192. The third kappa shape index (κ3) is 3.82. The summed E-state index contributed by atoms with van der Waals surface area (Å²) in [6, 6.07) is 6.18. The van der Waals surface area contributed by atoms with Crippen molar-refractivity contribution in [3.8, 4) is 0 Å². The second-order valence-electron chi connectivity index (χ2n) is 5.92. The molecule has 3 rings (SSSR count). The molecule has 126 valence electrons. The summed E-state index contributed by atoms with van der Waals surface area (Å²) < 4.78 is 13.0. The predicted octanol–water partition coefficient (Wildman–Crippen LogP) is 1.12. The first-order valence-corrected chi connectivity index (χ1v) is 7.64. The highest BCUT2D eigenvalue weighted by Gasteiger charge is 2.38. The van der Waals surface area contributed by atoms with Gasteiger partial charge in [-0.25, -0.2) is 4.39 Å². The van der Waals surface area contributed by atoms with Gasteiger partial charge >= 0.3 is 0 Å². The predicted molar refractivity (Wildman–Crippen MR) is 86.8 cm³/mol. The summed E-state index contributed by atoms with van der Waals surface area (Å²) in [5, 5.41) is 0. The molecule has 1 saturated heterocycles. The van der Waals surface area contributed by atoms with Gasteiger partial charge in [-0.2, -0.15) is 0 Å². The Morgan fingerprint density at radius 3 is 2.43 bits per heavy atom. The third-order valence-electron chi connectivity index (χ3n) is 4.36. The fraction of sp³-hybridized carbons (Fsp3) is 0.500. The molecule has 1 aliphatic heterocycles. The molecule has 1 atom stereocenters. The molecule has 2 amide bonds. The SMILES string of the molecule is Cl.NCC(C(=O)N1CCN(C2CC2)C(=O)C1)c1ccc(F)cc1. The molecule has 1 aromatic carbocycles. The number of hydrogen-bond donors (Lipinski definition) is 1. The quantitative estimate of drug-likeness (QED) is 0.892. The Morgan fingerprint density at radius 2 is 1.91 bits per heavy atom. The molecule has 0 bridgehead atoms. The topological polar surface area (TPSA) is 66.6 Å². The Morgan fingerprint density at radius 1 is 1.26 bits per heavy atom. The number of piperazine rings is 1. The van der Waals surface area contributed by atoms with Crippen LogP contribution in [0.5, 0.6) is 0 Å². The maximum absolute atomic E-state index is 13.0. The standard InChI is InChI=1S/C16H20FN3O2.ClH/c17-12-3-1-11(2-4-12)14(9-18)16(22)19-7-8-20(13-5-6-13)15(21)10-19;/h1-4,13-14H,5-10,18H2;1H. The monoisotopic (exact) mass is 341 g/mol. The van der Waals surface area contributed by atoms with E-state index in [0.717, 1.165) is 12.8 Å². The fourth-order valence-corrected chi connectivity index (χ4v) is 2.94. The van der Waals surface area contributed by atoms with Gasteiger partial charge in [-0.1, -0.05) is 12.1 Å². The smallest absolute Gasteiger partial charge is 0.242 e. The van der Waals surface area contributed by atoms with E-state index in [9.17, 15) is 14.0 Å². The number of carbonyl (C=O) groups is 2. The van der Waals surface area contributed by atoms with E-state index in [2.05, 4.69) is 0 Å². The molecule has 1 aromatic rings. The van der Waals surface area contributed by atoms with Crippen LogP contribution in [0.3, 0.4) is 0 Å². The van der Waals surface area contributed by atoms with Crippen molar-refractivity contribution in [1.29, 1.82) is 0 Å². The van der Waals surface area contributed by atoms with E-state index in [0.29, 0.717) is 24.7 Å². The van der Waals surface area contributed by atoms with Crippen LogP contribution in [0.2, 0.25) is 0 Å². The minimum Gasteiger partial charge on any atom is -0.336 e. The minimum atomic E-state index is -0.527. The van der Waals surface area contributed by atoms with Gasteiger partial charge in [0, 0.05) is 25.7 Å². The highest BCUT2D eigenvalue weighted by atomic mass is 35.5. The first kappa shape index (κ1) is 17.7. The Labute approximate surface area is 141 Å². The number of amides is 2. The van der Waals surface area contributed by atoms with E-state index in [1.807, 2.05) is 4.90 Å². The van der Waals surface area contributed by atoms with Crippen LogP contribution in [-0.4, -0.2) is 53.8 Å². The van der Waals surface area contributed by atoms with E-state index in [4.69, 9.17) is 5.73 Å². The summed E-state index contributed by atoms with van der Waals surface area (Å²) in [6.07, 6.45) is 2.14. The van der Waals surface area contributed by atoms with Gasteiger partial charge in [0.2, 0.25) is 11.8 Å². The summed E-state index contributed by atoms with van der Waals surface area (Å²) in [6.45, 7) is 1.39. The lowest BCUT2D eigenvalue weighted by molar-refractivity contribution is -0.146. The van der Waals surface area contributed by atoms with Crippen molar-refractivity contribution in [2.45, 2.75) is 24.8 Å². The van der Waals surface area contributed by atoms with E-state index in [1.54, 1.807) is 17.0 Å². The van der Waals surface area contributed by atoms with Gasteiger partial charge in [-0.05, 0) is 30.5 Å². The second-order valence-corrected chi connectivity index (χ2v) is 5.92. The number of nitrogens with zero attached hydrogens (tertiary/aromatic N) is 2. The minimum absolute atomic E-state index is 0. The number of benzene rings is 1. The number of nitrogens with two attached hydrogens (primary N) is 1. The molecule has 0 aromatic heterocycles. The van der Waals surface area contributed by atoms with Crippen molar-refractivity contribution < 1.29 is 14.0 Å². The van der Waals surface area contributed by atoms with E-state index in [1.165, 1.54) is 12.1 Å². The van der Waals surface area contributed by atoms with Gasteiger partial charge < -0.3 is 15.5 Å². The van der Waals surface area contributed by atoms with Crippen molar-refractivity contribution in [2.75, 3.05) is 26.2 Å². The van der Waals surface area contributed by atoms with Crippen molar-refractivity contribution in [2.24, 2.45) is 5.73 Å². The number of rotatable bonds is 4. The van der Waals surface area contributed by atoms with E-state index < -0.39 is 5.92 Å². The van der Waals surface area contributed by atoms with Crippen molar-refractivity contribution in [3.63, 3.8) is 0 Å². The zero-order valence-corrected chi connectivity index (χ0v) is 13.6. The Bertz CT molecular complexity index is 577. The normalized spacial score (nSPS) is 19.3. The summed E-state index contributed by atoms with van der Waals surface area (Å²) in [5.74, 6) is -1.02. The zero-order chi connectivity index (χ0) is 15.7. The average Bonchev–Trinajstić information content (AvgIpc) is 3.34. The molecule has 0 spiro atoms. The first-order valence-electron chi connectivity index (χ1n) is 7.64. The van der Waals surface area contributed by atoms with Crippen LogP contribution in [0.25, 0.3) is 0 Å². The molecule has 2 aliphatic rings. The van der Waals surface area contributed by atoms with Crippen LogP contribution in [0, 0.1) is 5.82 Å². The highest BCUT2D eigenvalue weighted by Crippen LogP contribution is 2.28. The van der Waals surface area contributed by atoms with Crippen LogP contribution >= 0.6 is 12.4 Å². The molecular formula is C16H21ClFN3O2. The number of hydrogen-bond acceptors (Lipinski definition) is 3. The second kappa shape index (κ2) is 7.27.